The summed E-state index contributed by atoms with van der Waals surface area (Å²) in [6.45, 7) is 1.80. The summed E-state index contributed by atoms with van der Waals surface area (Å²) < 4.78 is 55.5. The van der Waals surface area contributed by atoms with Crippen LogP contribution in [0.2, 0.25) is 0 Å². The van der Waals surface area contributed by atoms with Gasteiger partial charge in [-0.15, -0.1) is 0 Å². The Hall–Kier alpha value is -6.56. The molecular formula is C32H23F4N9O2. The number of halogens is 4. The lowest BCUT2D eigenvalue weighted by molar-refractivity contribution is -0.384. The maximum atomic E-state index is 13.9. The highest BCUT2D eigenvalue weighted by atomic mass is 19.1. The van der Waals surface area contributed by atoms with Crippen LogP contribution in [0.4, 0.5) is 46.3 Å². The summed E-state index contributed by atoms with van der Waals surface area (Å²) in [7, 11) is 0. The molecule has 4 N–H and O–H groups in total. The Morgan fingerprint density at radius 1 is 0.915 bits per heavy atom. The lowest BCUT2D eigenvalue weighted by Gasteiger charge is -2.17. The van der Waals surface area contributed by atoms with Crippen LogP contribution in [0.1, 0.15) is 24.4 Å². The van der Waals surface area contributed by atoms with E-state index in [2.05, 4.69) is 25.6 Å². The fourth-order valence-electron chi connectivity index (χ4n) is 4.62. The first kappa shape index (κ1) is 31.9. The molecule has 0 aliphatic carbocycles. The molecule has 0 spiro atoms. The maximum absolute atomic E-state index is 13.9. The van der Waals surface area contributed by atoms with Crippen molar-refractivity contribution in [1.29, 1.82) is 5.26 Å². The van der Waals surface area contributed by atoms with Gasteiger partial charge in [0, 0.05) is 23.9 Å². The largest absolute Gasteiger partial charge is 0.382 e. The van der Waals surface area contributed by atoms with Gasteiger partial charge in [0.25, 0.3) is 5.69 Å². The van der Waals surface area contributed by atoms with Gasteiger partial charge in [-0.05, 0) is 61.5 Å². The molecule has 1 atom stereocenters. The fraction of sp³-hybridized carbons (Fsp3) is 0.0625. The van der Waals surface area contributed by atoms with Crippen molar-refractivity contribution in [3.63, 3.8) is 0 Å². The smallest absolute Gasteiger partial charge is 0.292 e. The van der Waals surface area contributed by atoms with E-state index in [1.54, 1.807) is 29.7 Å². The van der Waals surface area contributed by atoms with Crippen LogP contribution >= 0.6 is 0 Å². The number of nitriles is 1. The third-order valence-corrected chi connectivity index (χ3v) is 6.70. The van der Waals surface area contributed by atoms with Crippen molar-refractivity contribution in [2.45, 2.75) is 13.0 Å². The number of nitrogens with one attached hydrogen (secondary N) is 2. The number of rotatable bonds is 7. The van der Waals surface area contributed by atoms with Gasteiger partial charge in [-0.25, -0.2) is 32.5 Å². The number of nitrogens with two attached hydrogens (primary N) is 1. The Bertz CT molecular complexity index is 2150. The van der Waals surface area contributed by atoms with Crippen molar-refractivity contribution in [1.82, 2.24) is 19.5 Å². The van der Waals surface area contributed by atoms with Crippen LogP contribution in [0.15, 0.2) is 91.3 Å². The number of nitro benzene ring substituents is 1. The molecule has 6 rings (SSSR count). The number of nitro groups is 1. The van der Waals surface area contributed by atoms with E-state index < -0.39 is 34.2 Å². The zero-order valence-corrected chi connectivity index (χ0v) is 24.3. The zero-order valence-electron chi connectivity index (χ0n) is 24.3. The van der Waals surface area contributed by atoms with Crippen LogP contribution in [0.25, 0.3) is 16.7 Å². The number of imidazole rings is 1. The Morgan fingerprint density at radius 3 is 2.30 bits per heavy atom. The Labute approximate surface area is 264 Å². The van der Waals surface area contributed by atoms with Gasteiger partial charge in [0.05, 0.1) is 27.7 Å². The summed E-state index contributed by atoms with van der Waals surface area (Å²) >= 11 is 0. The second-order valence-electron chi connectivity index (χ2n) is 9.93. The second kappa shape index (κ2) is 13.6. The van der Waals surface area contributed by atoms with Crippen LogP contribution in [0, 0.1) is 44.7 Å². The summed E-state index contributed by atoms with van der Waals surface area (Å²) in [6, 6.07) is 20.0. The number of nitrogen functional groups attached to an aromatic ring is 1. The van der Waals surface area contributed by atoms with E-state index in [0.717, 1.165) is 24.3 Å². The van der Waals surface area contributed by atoms with Crippen LogP contribution in [0.5, 0.6) is 0 Å². The SMILES string of the molecule is C[C@H](Nc1ncnc(N)c1C#N)c1nc2ccc(F)cc2n1-c1cccc(F)c1.O=[N+]([O-])c1ccc(F)cc1Nc1cccc(F)c1. The summed E-state index contributed by atoms with van der Waals surface area (Å²) in [4.78, 5) is 22.6. The molecule has 47 heavy (non-hydrogen) atoms. The highest BCUT2D eigenvalue weighted by molar-refractivity contribution is 5.79. The number of nitrogens with zero attached hydrogens (tertiary/aromatic N) is 6. The number of fused-ring (bicyclic) bond motifs is 1. The molecule has 2 aromatic heterocycles. The average molecular weight is 642 g/mol. The molecule has 15 heteroatoms. The quantitative estimate of drug-likeness (QED) is 0.0920. The van der Waals surface area contributed by atoms with Crippen molar-refractivity contribution in [3.8, 4) is 11.8 Å². The Kier molecular flexibility index (Phi) is 9.22. The summed E-state index contributed by atoms with van der Waals surface area (Å²) in [5.74, 6) is -1.18. The monoisotopic (exact) mass is 641 g/mol. The first-order valence-corrected chi connectivity index (χ1v) is 13.7. The summed E-state index contributed by atoms with van der Waals surface area (Å²) in [5.41, 5.74) is 7.38. The molecule has 0 bridgehead atoms. The minimum absolute atomic E-state index is 0.0226. The minimum atomic E-state index is -0.638. The average Bonchev–Trinajstić information content (AvgIpc) is 3.40. The predicted molar refractivity (Wildman–Crippen MR) is 167 cm³/mol. The lowest BCUT2D eigenvalue weighted by Crippen LogP contribution is -2.15. The van der Waals surface area contributed by atoms with Crippen LogP contribution in [-0.2, 0) is 0 Å². The van der Waals surface area contributed by atoms with E-state index in [1.807, 2.05) is 6.07 Å². The minimum Gasteiger partial charge on any atom is -0.382 e. The van der Waals surface area contributed by atoms with Gasteiger partial charge in [0.1, 0.15) is 64.4 Å². The molecule has 0 unspecified atom stereocenters. The van der Waals surface area contributed by atoms with Gasteiger partial charge >= 0.3 is 0 Å². The molecule has 4 aromatic carbocycles. The number of aromatic nitrogens is 4. The predicted octanol–water partition coefficient (Wildman–Crippen LogP) is 7.34. The van der Waals surface area contributed by atoms with Crippen LogP contribution in [0.3, 0.4) is 0 Å². The first-order chi connectivity index (χ1) is 22.5. The van der Waals surface area contributed by atoms with E-state index in [-0.39, 0.29) is 28.6 Å². The molecular weight excluding hydrogens is 618 g/mol. The lowest BCUT2D eigenvalue weighted by atomic mass is 10.2. The van der Waals surface area contributed by atoms with Crippen LogP contribution < -0.4 is 16.4 Å². The molecule has 0 aliphatic rings. The topological polar surface area (TPSA) is 161 Å². The molecule has 11 nitrogen and oxygen atoms in total. The molecule has 0 saturated carbocycles. The van der Waals surface area contributed by atoms with Gasteiger partial charge < -0.3 is 16.4 Å². The van der Waals surface area contributed by atoms with E-state index in [4.69, 9.17) is 5.73 Å². The number of hydrogen-bond donors (Lipinski definition) is 3. The zero-order chi connectivity index (χ0) is 33.7. The molecule has 0 saturated heterocycles. The maximum Gasteiger partial charge on any atom is 0.292 e. The fourth-order valence-corrected chi connectivity index (χ4v) is 4.62. The van der Waals surface area contributed by atoms with Crippen molar-refractivity contribution in [2.24, 2.45) is 0 Å². The molecule has 236 valence electrons. The Balaban J connectivity index is 0.000000207. The van der Waals surface area contributed by atoms with Gasteiger partial charge in [0.2, 0.25) is 0 Å². The van der Waals surface area contributed by atoms with Gasteiger partial charge in [-0.3, -0.25) is 14.7 Å². The highest BCUT2D eigenvalue weighted by Gasteiger charge is 2.21. The molecule has 0 fully saturated rings. The highest BCUT2D eigenvalue weighted by Crippen LogP contribution is 2.30. The van der Waals surface area contributed by atoms with E-state index in [1.165, 1.54) is 48.8 Å². The van der Waals surface area contributed by atoms with E-state index >= 15 is 0 Å². The van der Waals surface area contributed by atoms with Crippen molar-refractivity contribution in [2.75, 3.05) is 16.4 Å². The number of hydrogen-bond acceptors (Lipinski definition) is 9. The summed E-state index contributed by atoms with van der Waals surface area (Å²) in [6.07, 6.45) is 1.25. The van der Waals surface area contributed by atoms with Crippen molar-refractivity contribution >= 4 is 39.7 Å². The molecule has 0 aliphatic heterocycles. The third-order valence-electron chi connectivity index (χ3n) is 6.70. The molecule has 0 amide bonds. The van der Waals surface area contributed by atoms with Gasteiger partial charge in [0.15, 0.2) is 0 Å². The first-order valence-electron chi connectivity index (χ1n) is 13.7. The van der Waals surface area contributed by atoms with Crippen molar-refractivity contribution < 1.29 is 22.5 Å². The molecule has 6 aromatic rings. The van der Waals surface area contributed by atoms with Gasteiger partial charge in [-0.1, -0.05) is 12.1 Å². The normalized spacial score (nSPS) is 11.2. The third kappa shape index (κ3) is 7.23. The van der Waals surface area contributed by atoms with E-state index in [9.17, 15) is 32.9 Å². The van der Waals surface area contributed by atoms with E-state index in [0.29, 0.717) is 28.2 Å². The van der Waals surface area contributed by atoms with Crippen LogP contribution in [-0.4, -0.2) is 24.4 Å². The Morgan fingerprint density at radius 2 is 1.60 bits per heavy atom. The van der Waals surface area contributed by atoms with Gasteiger partial charge in [-0.2, -0.15) is 5.26 Å². The number of benzene rings is 4. The second-order valence-corrected chi connectivity index (χ2v) is 9.93. The standard InChI is InChI=1S/C20H15F2N7.C12H8F2N2O2/c1-11(27-19-15(9-23)18(24)25-10-26-19)20-28-16-6-5-13(22)8-17(16)29(20)14-4-2-3-12(21)7-14;13-8-2-1-3-10(6-8)15-11-7-9(14)4-5-12(11)16(17)18/h2-8,10-11H,1H3,(H3,24,25,26,27);1-7,15H/t11-;/m0./s1. The van der Waals surface area contributed by atoms with Crippen molar-refractivity contribution in [3.05, 3.63) is 136 Å². The summed E-state index contributed by atoms with van der Waals surface area (Å²) in [5, 5.41) is 25.8. The molecule has 2 heterocycles. The molecule has 0 radical (unpaired) electrons. The number of anilines is 4.